The van der Waals surface area contributed by atoms with Crippen LogP contribution in [0.3, 0.4) is 0 Å². The number of pyridine rings is 1. The van der Waals surface area contributed by atoms with E-state index < -0.39 is 11.8 Å². The van der Waals surface area contributed by atoms with Gasteiger partial charge in [0, 0.05) is 11.1 Å². The Bertz CT molecular complexity index is 644. The lowest BCUT2D eigenvalue weighted by Crippen LogP contribution is -2.35. The first kappa shape index (κ1) is 14.6. The second-order valence-corrected chi connectivity index (χ2v) is 5.62. The van der Waals surface area contributed by atoms with E-state index in [1.807, 2.05) is 12.3 Å². The van der Waals surface area contributed by atoms with Crippen molar-refractivity contribution < 1.29 is 9.59 Å². The predicted molar refractivity (Wildman–Crippen MR) is 79.3 cm³/mol. The van der Waals surface area contributed by atoms with Crippen LogP contribution in [0.25, 0.3) is 0 Å². The Hall–Kier alpha value is -1.80. The van der Waals surface area contributed by atoms with Crippen molar-refractivity contribution >= 4 is 44.9 Å². The van der Waals surface area contributed by atoms with Crippen molar-refractivity contribution in [2.24, 2.45) is 0 Å². The maximum Gasteiger partial charge on any atom is 0.314 e. The molecule has 0 aliphatic carbocycles. The fourth-order valence-corrected chi connectivity index (χ4v) is 2.43. The highest BCUT2D eigenvalue weighted by atomic mass is 79.9. The summed E-state index contributed by atoms with van der Waals surface area (Å²) in [6.45, 7) is 2.10. The molecule has 0 aliphatic heterocycles. The molecule has 8 heteroatoms. The average molecular weight is 355 g/mol. The number of anilines is 1. The van der Waals surface area contributed by atoms with Crippen molar-refractivity contribution in [2.45, 2.75) is 13.5 Å². The molecule has 0 spiro atoms. The zero-order valence-corrected chi connectivity index (χ0v) is 12.9. The van der Waals surface area contributed by atoms with Crippen LogP contribution in [-0.2, 0) is 16.1 Å². The number of hydrogen-bond donors (Lipinski definition) is 2. The molecule has 0 atom stereocenters. The molecule has 104 valence electrons. The molecule has 2 amide bonds. The summed E-state index contributed by atoms with van der Waals surface area (Å²) in [4.78, 5) is 31.5. The summed E-state index contributed by atoms with van der Waals surface area (Å²) in [7, 11) is 0. The van der Waals surface area contributed by atoms with Gasteiger partial charge in [0.2, 0.25) is 0 Å². The molecule has 2 heterocycles. The van der Waals surface area contributed by atoms with Crippen LogP contribution in [0.1, 0.15) is 10.7 Å². The number of carbonyl (C=O) groups is 2. The van der Waals surface area contributed by atoms with Crippen molar-refractivity contribution in [3.8, 4) is 0 Å². The third-order valence-corrected chi connectivity index (χ3v) is 3.64. The average Bonchev–Trinajstić information content (AvgIpc) is 2.81. The van der Waals surface area contributed by atoms with Crippen LogP contribution in [0.4, 0.5) is 5.82 Å². The van der Waals surface area contributed by atoms with Crippen molar-refractivity contribution in [1.82, 2.24) is 15.3 Å². The molecule has 2 N–H and O–H groups in total. The van der Waals surface area contributed by atoms with E-state index in [4.69, 9.17) is 0 Å². The number of amides is 2. The van der Waals surface area contributed by atoms with Crippen LogP contribution in [0.2, 0.25) is 0 Å². The highest BCUT2D eigenvalue weighted by molar-refractivity contribution is 9.10. The third kappa shape index (κ3) is 4.10. The van der Waals surface area contributed by atoms with E-state index in [-0.39, 0.29) is 6.54 Å². The molecular weight excluding hydrogens is 344 g/mol. The smallest absolute Gasteiger partial charge is 0.314 e. The van der Waals surface area contributed by atoms with E-state index in [0.717, 1.165) is 10.7 Å². The van der Waals surface area contributed by atoms with E-state index >= 15 is 0 Å². The molecule has 0 saturated carbocycles. The Labute approximate surface area is 127 Å². The maximum atomic E-state index is 11.7. The summed E-state index contributed by atoms with van der Waals surface area (Å²) in [5.74, 6) is -1.17. The van der Waals surface area contributed by atoms with Gasteiger partial charge in [0.1, 0.15) is 15.4 Å². The van der Waals surface area contributed by atoms with Crippen LogP contribution >= 0.6 is 27.3 Å². The SMILES string of the molecule is Cc1csc(CNC(=O)C(=O)Nc2cccc(Br)n2)n1. The Morgan fingerprint density at radius 2 is 2.10 bits per heavy atom. The molecule has 2 rings (SSSR count). The van der Waals surface area contributed by atoms with Gasteiger partial charge in [-0.1, -0.05) is 6.07 Å². The molecule has 20 heavy (non-hydrogen) atoms. The van der Waals surface area contributed by atoms with Crippen LogP contribution in [-0.4, -0.2) is 21.8 Å². The molecule has 6 nitrogen and oxygen atoms in total. The molecule has 2 aromatic rings. The molecule has 0 unspecified atom stereocenters. The lowest BCUT2D eigenvalue weighted by molar-refractivity contribution is -0.136. The van der Waals surface area contributed by atoms with Crippen molar-refractivity contribution in [1.29, 1.82) is 0 Å². The van der Waals surface area contributed by atoms with Crippen LogP contribution in [0.15, 0.2) is 28.2 Å². The lowest BCUT2D eigenvalue weighted by atomic mass is 10.4. The van der Waals surface area contributed by atoms with Crippen molar-refractivity contribution in [2.75, 3.05) is 5.32 Å². The Morgan fingerprint density at radius 3 is 2.75 bits per heavy atom. The second-order valence-electron chi connectivity index (χ2n) is 3.86. The molecule has 0 bridgehead atoms. The third-order valence-electron chi connectivity index (χ3n) is 2.23. The van der Waals surface area contributed by atoms with Gasteiger partial charge in [0.25, 0.3) is 0 Å². The number of halogens is 1. The maximum absolute atomic E-state index is 11.7. The number of nitrogens with zero attached hydrogens (tertiary/aromatic N) is 2. The minimum atomic E-state index is -0.760. The fourth-order valence-electron chi connectivity index (χ4n) is 1.37. The number of nitrogens with one attached hydrogen (secondary N) is 2. The summed E-state index contributed by atoms with van der Waals surface area (Å²) in [5, 5.41) is 7.56. The number of thiazole rings is 1. The summed E-state index contributed by atoms with van der Waals surface area (Å²) in [5.41, 5.74) is 0.891. The first-order valence-corrected chi connectivity index (χ1v) is 7.34. The number of rotatable bonds is 3. The van der Waals surface area contributed by atoms with E-state index in [2.05, 4.69) is 36.5 Å². The Kier molecular flexibility index (Phi) is 4.80. The second kappa shape index (κ2) is 6.58. The van der Waals surface area contributed by atoms with Gasteiger partial charge < -0.3 is 10.6 Å². The Balaban J connectivity index is 1.87. The highest BCUT2D eigenvalue weighted by Crippen LogP contribution is 2.10. The monoisotopic (exact) mass is 354 g/mol. The van der Waals surface area contributed by atoms with E-state index in [1.165, 1.54) is 11.3 Å². The molecule has 2 aromatic heterocycles. The molecule has 0 radical (unpaired) electrons. The summed E-state index contributed by atoms with van der Waals surface area (Å²) < 4.78 is 0.578. The zero-order chi connectivity index (χ0) is 14.5. The van der Waals surface area contributed by atoms with Crippen molar-refractivity contribution in [3.05, 3.63) is 38.9 Å². The summed E-state index contributed by atoms with van der Waals surface area (Å²) >= 11 is 4.62. The molecule has 0 aromatic carbocycles. The number of hydrogen-bond acceptors (Lipinski definition) is 5. The first-order valence-electron chi connectivity index (χ1n) is 5.67. The van der Waals surface area contributed by atoms with Gasteiger partial charge in [-0.15, -0.1) is 11.3 Å². The van der Waals surface area contributed by atoms with Gasteiger partial charge >= 0.3 is 11.8 Å². The highest BCUT2D eigenvalue weighted by Gasteiger charge is 2.14. The van der Waals surface area contributed by atoms with E-state index in [0.29, 0.717) is 10.4 Å². The lowest BCUT2D eigenvalue weighted by Gasteiger charge is -2.04. The van der Waals surface area contributed by atoms with Crippen LogP contribution < -0.4 is 10.6 Å². The van der Waals surface area contributed by atoms with Gasteiger partial charge in [-0.3, -0.25) is 9.59 Å². The van der Waals surface area contributed by atoms with Gasteiger partial charge in [-0.25, -0.2) is 9.97 Å². The number of aryl methyl sites for hydroxylation is 1. The number of aromatic nitrogens is 2. The number of carbonyl (C=O) groups excluding carboxylic acids is 2. The van der Waals surface area contributed by atoms with Gasteiger partial charge in [0.05, 0.1) is 6.54 Å². The first-order chi connectivity index (χ1) is 9.54. The quantitative estimate of drug-likeness (QED) is 0.650. The normalized spacial score (nSPS) is 10.1. The molecule has 0 fully saturated rings. The van der Waals surface area contributed by atoms with E-state index in [9.17, 15) is 9.59 Å². The predicted octanol–water partition coefficient (Wildman–Crippen LogP) is 1.86. The van der Waals surface area contributed by atoms with E-state index in [1.54, 1.807) is 18.2 Å². The van der Waals surface area contributed by atoms with Crippen LogP contribution in [0.5, 0.6) is 0 Å². The summed E-state index contributed by atoms with van der Waals surface area (Å²) in [6.07, 6.45) is 0. The van der Waals surface area contributed by atoms with Gasteiger partial charge in [0.15, 0.2) is 0 Å². The molecule has 0 saturated heterocycles. The standard InChI is InChI=1S/C12H11BrN4O2S/c1-7-6-20-10(15-7)5-14-11(18)12(19)17-9-4-2-3-8(13)16-9/h2-4,6H,5H2,1H3,(H,14,18)(H,16,17,19). The Morgan fingerprint density at radius 1 is 1.30 bits per heavy atom. The van der Waals surface area contributed by atoms with Gasteiger partial charge in [-0.2, -0.15) is 0 Å². The molecular formula is C12H11BrN4O2S. The zero-order valence-electron chi connectivity index (χ0n) is 10.5. The van der Waals surface area contributed by atoms with Gasteiger partial charge in [-0.05, 0) is 35.0 Å². The topological polar surface area (TPSA) is 84.0 Å². The van der Waals surface area contributed by atoms with Crippen molar-refractivity contribution in [3.63, 3.8) is 0 Å². The molecule has 0 aliphatic rings. The minimum Gasteiger partial charge on any atom is -0.341 e. The minimum absolute atomic E-state index is 0.233. The fraction of sp³-hybridized carbons (Fsp3) is 0.167. The van der Waals surface area contributed by atoms with Crippen LogP contribution in [0, 0.1) is 6.92 Å². The summed E-state index contributed by atoms with van der Waals surface area (Å²) in [6, 6.07) is 5.03. The largest absolute Gasteiger partial charge is 0.341 e.